The highest BCUT2D eigenvalue weighted by Crippen LogP contribution is 2.68. The van der Waals surface area contributed by atoms with Crippen LogP contribution in [0.25, 0.3) is 10.9 Å². The molecule has 1 heterocycles. The lowest BCUT2D eigenvalue weighted by Crippen LogP contribution is -2.62. The lowest BCUT2D eigenvalue weighted by molar-refractivity contribution is -0.207. The van der Waals surface area contributed by atoms with Crippen molar-refractivity contribution in [3.8, 4) is 11.5 Å². The Morgan fingerprint density at radius 3 is 2.48 bits per heavy atom. The molecule has 220 valence electrons. The van der Waals surface area contributed by atoms with Gasteiger partial charge in [0.1, 0.15) is 5.82 Å². The highest BCUT2D eigenvalue weighted by atomic mass is 16.5. The summed E-state index contributed by atoms with van der Waals surface area (Å²) in [6.07, 6.45) is 9.10. The van der Waals surface area contributed by atoms with E-state index >= 15 is 0 Å². The minimum Gasteiger partial charge on any atom is -0.493 e. The number of rotatable bonds is 6. The van der Waals surface area contributed by atoms with E-state index in [1.54, 1.807) is 14.2 Å². The normalized spacial score (nSPS) is 41.6. The Balaban J connectivity index is 1.19. The molecule has 0 radical (unpaired) electrons. The van der Waals surface area contributed by atoms with E-state index in [-0.39, 0.29) is 35.1 Å². The Morgan fingerprint density at radius 1 is 0.975 bits per heavy atom. The number of methoxy groups -OCH3 is 2. The minimum atomic E-state index is -0.359. The van der Waals surface area contributed by atoms with E-state index in [2.05, 4.69) is 25.8 Å². The van der Waals surface area contributed by atoms with E-state index in [4.69, 9.17) is 14.5 Å². The van der Waals surface area contributed by atoms with Gasteiger partial charge in [0.05, 0.1) is 38.0 Å². The Kier molecular flexibility index (Phi) is 7.32. The van der Waals surface area contributed by atoms with Gasteiger partial charge in [-0.3, -0.25) is 0 Å². The zero-order valence-corrected chi connectivity index (χ0v) is 24.8. The van der Waals surface area contributed by atoms with E-state index in [0.717, 1.165) is 74.5 Å². The van der Waals surface area contributed by atoms with Crippen LogP contribution in [0.3, 0.4) is 0 Å². The molecule has 2 aromatic rings. The quantitative estimate of drug-likeness (QED) is 0.454. The molecule has 1 aromatic heterocycles. The summed E-state index contributed by atoms with van der Waals surface area (Å²) in [6.45, 7) is 7.06. The third-order valence-electron chi connectivity index (χ3n) is 12.5. The van der Waals surface area contributed by atoms with Gasteiger partial charge in [-0.05, 0) is 104 Å². The predicted molar refractivity (Wildman–Crippen MR) is 154 cm³/mol. The Labute approximate surface area is 238 Å². The standard InChI is InChI=1S/C33H48N2O5/c1-18(6-9-30-34-17-19-12-27(39-4)28(40-5)16-25(19)35-30)22-7-8-23-31-24(15-29(38)33(22,23)3)32(2)11-10-21(36)13-20(32)14-26(31)37/h12,16-18,20-24,26,29,31,36-38H,6-11,13-15H2,1-5H3/t18-,20+,21-,22-,23+,24+,26-,29+,31+,32+,33-/m1/s1. The summed E-state index contributed by atoms with van der Waals surface area (Å²) >= 11 is 0. The summed E-state index contributed by atoms with van der Waals surface area (Å²) in [5, 5.41) is 34.7. The van der Waals surface area contributed by atoms with Crippen molar-refractivity contribution in [3.05, 3.63) is 24.2 Å². The topological polar surface area (TPSA) is 105 Å². The van der Waals surface area contributed by atoms with Crippen molar-refractivity contribution in [1.82, 2.24) is 9.97 Å². The average molecular weight is 553 g/mol. The number of hydrogen-bond acceptors (Lipinski definition) is 7. The van der Waals surface area contributed by atoms with Gasteiger partial charge in [0.2, 0.25) is 0 Å². The molecule has 0 saturated heterocycles. The van der Waals surface area contributed by atoms with Crippen molar-refractivity contribution in [3.63, 3.8) is 0 Å². The van der Waals surface area contributed by atoms with Gasteiger partial charge in [-0.15, -0.1) is 0 Å². The first-order valence-electron chi connectivity index (χ1n) is 15.5. The van der Waals surface area contributed by atoms with Crippen LogP contribution < -0.4 is 9.47 Å². The highest BCUT2D eigenvalue weighted by Gasteiger charge is 2.65. The largest absolute Gasteiger partial charge is 0.493 e. The molecule has 0 spiro atoms. The van der Waals surface area contributed by atoms with Crippen LogP contribution in [0.15, 0.2) is 18.3 Å². The predicted octanol–water partition coefficient (Wildman–Crippen LogP) is 5.18. The molecule has 4 aliphatic rings. The van der Waals surface area contributed by atoms with Gasteiger partial charge in [0.15, 0.2) is 11.5 Å². The summed E-state index contributed by atoms with van der Waals surface area (Å²) in [6, 6.07) is 3.82. The first-order chi connectivity index (χ1) is 19.1. The van der Waals surface area contributed by atoms with Crippen LogP contribution >= 0.6 is 0 Å². The minimum absolute atomic E-state index is 0.106. The summed E-state index contributed by atoms with van der Waals surface area (Å²) < 4.78 is 10.9. The van der Waals surface area contributed by atoms with Crippen LogP contribution in [0.2, 0.25) is 0 Å². The fourth-order valence-corrected chi connectivity index (χ4v) is 10.2. The van der Waals surface area contributed by atoms with E-state index in [1.165, 1.54) is 0 Å². The van der Waals surface area contributed by atoms with Gasteiger partial charge >= 0.3 is 0 Å². The van der Waals surface area contributed by atoms with E-state index in [0.29, 0.717) is 41.1 Å². The third kappa shape index (κ3) is 4.33. The maximum atomic E-state index is 11.9. The lowest BCUT2D eigenvalue weighted by Gasteiger charge is -2.63. The van der Waals surface area contributed by atoms with Gasteiger partial charge < -0.3 is 24.8 Å². The fourth-order valence-electron chi connectivity index (χ4n) is 10.2. The van der Waals surface area contributed by atoms with Gasteiger partial charge in [-0.25, -0.2) is 9.97 Å². The Bertz CT molecular complexity index is 1240. The van der Waals surface area contributed by atoms with E-state index in [9.17, 15) is 15.3 Å². The second-order valence-corrected chi connectivity index (χ2v) is 14.1. The van der Waals surface area contributed by atoms with Crippen LogP contribution in [0.4, 0.5) is 0 Å². The zero-order valence-electron chi connectivity index (χ0n) is 24.8. The molecule has 7 nitrogen and oxygen atoms in total. The van der Waals surface area contributed by atoms with Crippen LogP contribution in [0, 0.1) is 46.3 Å². The second kappa shape index (κ2) is 10.4. The van der Waals surface area contributed by atoms with Crippen molar-refractivity contribution < 1.29 is 24.8 Å². The Morgan fingerprint density at radius 2 is 1.73 bits per heavy atom. The third-order valence-corrected chi connectivity index (χ3v) is 12.5. The number of hydrogen-bond donors (Lipinski definition) is 3. The molecule has 1 aromatic carbocycles. The number of aromatic nitrogens is 2. The van der Waals surface area contributed by atoms with Gasteiger partial charge in [-0.1, -0.05) is 20.8 Å². The summed E-state index contributed by atoms with van der Waals surface area (Å²) in [5.41, 5.74) is 0.771. The molecule has 6 rings (SSSR count). The molecular formula is C33H48N2O5. The molecule has 40 heavy (non-hydrogen) atoms. The zero-order chi connectivity index (χ0) is 28.4. The molecular weight excluding hydrogens is 504 g/mol. The molecule has 0 unspecified atom stereocenters. The molecule has 4 saturated carbocycles. The average Bonchev–Trinajstić information content (AvgIpc) is 3.30. The lowest BCUT2D eigenvalue weighted by atomic mass is 9.43. The van der Waals surface area contributed by atoms with Gasteiger partial charge in [0, 0.05) is 24.1 Å². The number of aliphatic hydroxyl groups excluding tert-OH is 3. The summed E-state index contributed by atoms with van der Waals surface area (Å²) in [4.78, 5) is 9.50. The molecule has 11 atom stereocenters. The summed E-state index contributed by atoms with van der Waals surface area (Å²) in [5.74, 6) is 4.26. The number of ether oxygens (including phenoxy) is 2. The second-order valence-electron chi connectivity index (χ2n) is 14.1. The van der Waals surface area contributed by atoms with Crippen molar-refractivity contribution in [2.24, 2.45) is 46.3 Å². The van der Waals surface area contributed by atoms with Gasteiger partial charge in [0.25, 0.3) is 0 Å². The first-order valence-corrected chi connectivity index (χ1v) is 15.5. The maximum absolute atomic E-state index is 11.9. The van der Waals surface area contributed by atoms with E-state index < -0.39 is 0 Å². The maximum Gasteiger partial charge on any atom is 0.162 e. The smallest absolute Gasteiger partial charge is 0.162 e. The number of aryl methyl sites for hydroxylation is 1. The number of aliphatic hydroxyl groups is 3. The number of nitrogens with zero attached hydrogens (tertiary/aromatic N) is 2. The van der Waals surface area contributed by atoms with Gasteiger partial charge in [-0.2, -0.15) is 0 Å². The molecule has 0 aliphatic heterocycles. The van der Waals surface area contributed by atoms with Crippen LogP contribution in [0.5, 0.6) is 11.5 Å². The SMILES string of the molecule is COc1cc2cnc(CC[C@@H](C)[C@H]3CC[C@H]4[C@@H]5[C@H](O)C[C@@H]6C[C@H](O)CC[C@]6(C)[C@H]5C[C@H](O)[C@]34C)nc2cc1OC. The van der Waals surface area contributed by atoms with Crippen molar-refractivity contribution >= 4 is 10.9 Å². The molecule has 0 bridgehead atoms. The molecule has 0 amide bonds. The van der Waals surface area contributed by atoms with Crippen molar-refractivity contribution in [1.29, 1.82) is 0 Å². The first kappa shape index (κ1) is 28.2. The van der Waals surface area contributed by atoms with Crippen LogP contribution in [0.1, 0.15) is 78.0 Å². The molecule has 4 fully saturated rings. The highest BCUT2D eigenvalue weighted by molar-refractivity contribution is 5.81. The van der Waals surface area contributed by atoms with Crippen LogP contribution in [-0.4, -0.2) is 57.8 Å². The van der Waals surface area contributed by atoms with Crippen LogP contribution in [-0.2, 0) is 6.42 Å². The fraction of sp³-hybridized carbons (Fsp3) is 0.758. The Hall–Kier alpha value is -1.96. The molecule has 7 heteroatoms. The monoisotopic (exact) mass is 552 g/mol. The summed E-state index contributed by atoms with van der Waals surface area (Å²) in [7, 11) is 3.26. The van der Waals surface area contributed by atoms with Crippen molar-refractivity contribution in [2.45, 2.75) is 96.9 Å². The van der Waals surface area contributed by atoms with E-state index in [1.807, 2.05) is 18.3 Å². The number of fused-ring (bicyclic) bond motifs is 6. The van der Waals surface area contributed by atoms with Crippen molar-refractivity contribution in [2.75, 3.05) is 14.2 Å². The number of benzene rings is 1. The molecule has 3 N–H and O–H groups in total. The molecule has 4 aliphatic carbocycles.